The first-order valence-electron chi connectivity index (χ1n) is 5.75. The molecule has 0 aliphatic rings. The molecule has 6 nitrogen and oxygen atoms in total. The summed E-state index contributed by atoms with van der Waals surface area (Å²) in [5.74, 6) is -5.90. The van der Waals surface area contributed by atoms with Crippen LogP contribution in [-0.4, -0.2) is 9.91 Å². The van der Waals surface area contributed by atoms with Crippen molar-refractivity contribution >= 4 is 11.5 Å². The molecule has 0 bridgehead atoms. The molecular formula is C12H6F5N3O3. The van der Waals surface area contributed by atoms with E-state index in [-0.39, 0.29) is 0 Å². The molecule has 0 spiro atoms. The summed E-state index contributed by atoms with van der Waals surface area (Å²) in [4.78, 5) is 13.2. The van der Waals surface area contributed by atoms with Crippen LogP contribution < -0.4 is 10.5 Å². The number of alkyl halides is 3. The molecule has 1 aromatic carbocycles. The first kappa shape index (κ1) is 16.4. The molecule has 11 heteroatoms. The third-order valence-corrected chi connectivity index (χ3v) is 2.64. The van der Waals surface area contributed by atoms with E-state index in [4.69, 9.17) is 10.5 Å². The van der Waals surface area contributed by atoms with Gasteiger partial charge in [0.15, 0.2) is 11.6 Å². The summed E-state index contributed by atoms with van der Waals surface area (Å²) in [5.41, 5.74) is 2.94. The minimum absolute atomic E-state index is 0.294. The van der Waals surface area contributed by atoms with Gasteiger partial charge in [0.05, 0.1) is 10.5 Å². The summed E-state index contributed by atoms with van der Waals surface area (Å²) in [5, 5.41) is 10.6. The van der Waals surface area contributed by atoms with Gasteiger partial charge in [-0.25, -0.2) is 4.39 Å². The Bertz CT molecular complexity index is 779. The predicted octanol–water partition coefficient (Wildman–Crippen LogP) is 3.66. The molecule has 0 aliphatic heterocycles. The minimum Gasteiger partial charge on any atom is -0.436 e. The zero-order valence-electron chi connectivity index (χ0n) is 10.9. The lowest BCUT2D eigenvalue weighted by Crippen LogP contribution is -2.10. The molecule has 1 aromatic heterocycles. The number of rotatable bonds is 3. The third kappa shape index (κ3) is 3.27. The second-order valence-corrected chi connectivity index (χ2v) is 4.15. The van der Waals surface area contributed by atoms with Crippen LogP contribution in [-0.2, 0) is 6.18 Å². The van der Waals surface area contributed by atoms with Crippen molar-refractivity contribution in [3.63, 3.8) is 0 Å². The highest BCUT2D eigenvalue weighted by Gasteiger charge is 2.36. The van der Waals surface area contributed by atoms with Gasteiger partial charge in [0.2, 0.25) is 17.5 Å². The van der Waals surface area contributed by atoms with E-state index in [0.717, 1.165) is 12.1 Å². The highest BCUT2D eigenvalue weighted by atomic mass is 19.4. The van der Waals surface area contributed by atoms with Crippen LogP contribution in [0.5, 0.6) is 11.6 Å². The maximum Gasteiger partial charge on any atom is 0.419 e. The van der Waals surface area contributed by atoms with Gasteiger partial charge in [-0.1, -0.05) is 0 Å². The minimum atomic E-state index is -5.07. The number of aromatic nitrogens is 1. The molecule has 0 atom stereocenters. The number of halogens is 5. The van der Waals surface area contributed by atoms with Crippen molar-refractivity contribution < 1.29 is 31.6 Å². The maximum absolute atomic E-state index is 13.6. The summed E-state index contributed by atoms with van der Waals surface area (Å²) >= 11 is 0. The molecule has 0 amide bonds. The monoisotopic (exact) mass is 335 g/mol. The van der Waals surface area contributed by atoms with E-state index in [2.05, 4.69) is 4.98 Å². The molecule has 1 heterocycles. The fourth-order valence-corrected chi connectivity index (χ4v) is 1.60. The van der Waals surface area contributed by atoms with Gasteiger partial charge in [0, 0.05) is 12.1 Å². The van der Waals surface area contributed by atoms with Crippen molar-refractivity contribution in [3.8, 4) is 11.6 Å². The molecular weight excluding hydrogens is 329 g/mol. The van der Waals surface area contributed by atoms with E-state index in [0.29, 0.717) is 12.1 Å². The topological polar surface area (TPSA) is 91.3 Å². The van der Waals surface area contributed by atoms with Gasteiger partial charge < -0.3 is 10.5 Å². The van der Waals surface area contributed by atoms with Gasteiger partial charge in [0.25, 0.3) is 0 Å². The van der Waals surface area contributed by atoms with E-state index < -0.39 is 51.4 Å². The maximum atomic E-state index is 13.6. The first-order valence-corrected chi connectivity index (χ1v) is 5.75. The average Bonchev–Trinajstić information content (AvgIpc) is 2.42. The zero-order valence-corrected chi connectivity index (χ0v) is 10.9. The number of nitrogen functional groups attached to an aromatic ring is 1. The van der Waals surface area contributed by atoms with Crippen LogP contribution in [0.1, 0.15) is 5.56 Å². The van der Waals surface area contributed by atoms with Crippen LogP contribution in [0.2, 0.25) is 0 Å². The Hall–Kier alpha value is -2.98. The van der Waals surface area contributed by atoms with E-state index in [9.17, 15) is 32.1 Å². The van der Waals surface area contributed by atoms with Crippen molar-refractivity contribution in [2.45, 2.75) is 6.18 Å². The Balaban J connectivity index is 2.36. The highest BCUT2D eigenvalue weighted by molar-refractivity contribution is 5.53. The van der Waals surface area contributed by atoms with Crippen molar-refractivity contribution in [2.24, 2.45) is 0 Å². The van der Waals surface area contributed by atoms with Crippen LogP contribution in [0, 0.1) is 21.7 Å². The summed E-state index contributed by atoms with van der Waals surface area (Å²) in [7, 11) is 0. The molecule has 2 N–H and O–H groups in total. The number of hydrogen-bond donors (Lipinski definition) is 1. The van der Waals surface area contributed by atoms with E-state index >= 15 is 0 Å². The molecule has 0 fully saturated rings. The van der Waals surface area contributed by atoms with Crippen LogP contribution >= 0.6 is 0 Å². The Labute approximate surface area is 124 Å². The fourth-order valence-electron chi connectivity index (χ4n) is 1.60. The van der Waals surface area contributed by atoms with Gasteiger partial charge in [-0.2, -0.15) is 22.5 Å². The van der Waals surface area contributed by atoms with Gasteiger partial charge in [-0.3, -0.25) is 10.1 Å². The number of hydrogen-bond acceptors (Lipinski definition) is 5. The van der Waals surface area contributed by atoms with Crippen molar-refractivity contribution in [1.29, 1.82) is 0 Å². The molecule has 0 saturated carbocycles. The van der Waals surface area contributed by atoms with E-state index in [1.165, 1.54) is 0 Å². The largest absolute Gasteiger partial charge is 0.436 e. The molecule has 2 aromatic rings. The lowest BCUT2D eigenvalue weighted by atomic mass is 10.2. The second kappa shape index (κ2) is 5.66. The Morgan fingerprint density at radius 1 is 1.13 bits per heavy atom. The molecule has 0 saturated heterocycles. The molecule has 122 valence electrons. The standard InChI is InChI=1S/C12H6F5N3O3/c13-9-5(12(15,16)17)1-3-7(10(9)14)23-8-4-2-6(20(21)22)11(18)19-8/h1-4H,(H2,18,19). The molecule has 23 heavy (non-hydrogen) atoms. The number of anilines is 1. The normalized spacial score (nSPS) is 11.3. The Morgan fingerprint density at radius 3 is 2.30 bits per heavy atom. The number of benzene rings is 1. The lowest BCUT2D eigenvalue weighted by molar-refractivity contribution is -0.384. The first-order chi connectivity index (χ1) is 10.6. The second-order valence-electron chi connectivity index (χ2n) is 4.15. The van der Waals surface area contributed by atoms with E-state index in [1.54, 1.807) is 0 Å². The summed E-state index contributed by atoms with van der Waals surface area (Å²) in [6.45, 7) is 0. The average molecular weight is 335 g/mol. The lowest BCUT2D eigenvalue weighted by Gasteiger charge is -2.11. The Morgan fingerprint density at radius 2 is 1.78 bits per heavy atom. The third-order valence-electron chi connectivity index (χ3n) is 2.64. The number of ether oxygens (including phenoxy) is 1. The zero-order chi connectivity index (χ0) is 17.4. The summed E-state index contributed by atoms with van der Waals surface area (Å²) < 4.78 is 69.1. The van der Waals surface area contributed by atoms with Crippen LogP contribution in [0.25, 0.3) is 0 Å². The van der Waals surface area contributed by atoms with Crippen molar-refractivity contribution in [3.05, 3.63) is 51.6 Å². The fraction of sp³-hybridized carbons (Fsp3) is 0.0833. The summed E-state index contributed by atoms with van der Waals surface area (Å²) in [6.07, 6.45) is -5.07. The molecule has 2 rings (SSSR count). The van der Waals surface area contributed by atoms with Gasteiger partial charge >= 0.3 is 11.9 Å². The van der Waals surface area contributed by atoms with Gasteiger partial charge in [-0.15, -0.1) is 0 Å². The van der Waals surface area contributed by atoms with Crippen molar-refractivity contribution in [2.75, 3.05) is 5.73 Å². The quantitative estimate of drug-likeness (QED) is 0.525. The smallest absolute Gasteiger partial charge is 0.419 e. The van der Waals surface area contributed by atoms with Crippen LogP contribution in [0.4, 0.5) is 33.5 Å². The molecule has 0 radical (unpaired) electrons. The van der Waals surface area contributed by atoms with Crippen molar-refractivity contribution in [1.82, 2.24) is 4.98 Å². The number of nitro groups is 1. The molecule has 0 aliphatic carbocycles. The van der Waals surface area contributed by atoms with Gasteiger partial charge in [0.1, 0.15) is 0 Å². The Kier molecular flexibility index (Phi) is 4.04. The SMILES string of the molecule is Nc1nc(Oc2ccc(C(F)(F)F)c(F)c2F)ccc1[N+](=O)[O-]. The number of nitrogens with two attached hydrogens (primary N) is 1. The molecule has 0 unspecified atom stereocenters. The van der Waals surface area contributed by atoms with Crippen LogP contribution in [0.3, 0.4) is 0 Å². The highest BCUT2D eigenvalue weighted by Crippen LogP contribution is 2.36. The van der Waals surface area contributed by atoms with E-state index in [1.807, 2.05) is 0 Å². The summed E-state index contributed by atoms with van der Waals surface area (Å²) in [6, 6.07) is 2.68. The van der Waals surface area contributed by atoms with Gasteiger partial charge in [-0.05, 0) is 12.1 Å². The van der Waals surface area contributed by atoms with Crippen LogP contribution in [0.15, 0.2) is 24.3 Å². The number of pyridine rings is 1. The number of nitrogens with zero attached hydrogens (tertiary/aromatic N) is 2. The predicted molar refractivity (Wildman–Crippen MR) is 66.7 cm³/mol.